The van der Waals surface area contributed by atoms with Crippen LogP contribution in [0.4, 0.5) is 10.5 Å². The zero-order valence-corrected chi connectivity index (χ0v) is 10.2. The minimum atomic E-state index is -0.985. The molecule has 5 nitrogen and oxygen atoms in total. The zero-order valence-electron chi connectivity index (χ0n) is 10.2. The van der Waals surface area contributed by atoms with Gasteiger partial charge in [-0.15, -0.1) is 0 Å². The van der Waals surface area contributed by atoms with Crippen LogP contribution in [0.1, 0.15) is 18.4 Å². The molecule has 18 heavy (non-hydrogen) atoms. The molecule has 1 aromatic rings. The van der Waals surface area contributed by atoms with Gasteiger partial charge in [0.1, 0.15) is 6.54 Å². The van der Waals surface area contributed by atoms with Crippen LogP contribution >= 0.6 is 0 Å². The molecule has 0 unspecified atom stereocenters. The predicted molar refractivity (Wildman–Crippen MR) is 67.6 cm³/mol. The molecule has 96 valence electrons. The number of amides is 2. The Balaban J connectivity index is 2.00. The molecule has 1 fully saturated rings. The normalized spacial score (nSPS) is 14.1. The number of aryl methyl sites for hydroxylation is 1. The monoisotopic (exact) mass is 248 g/mol. The minimum absolute atomic E-state index is 0.0755. The first kappa shape index (κ1) is 12.4. The van der Waals surface area contributed by atoms with Crippen LogP contribution in [-0.2, 0) is 4.79 Å². The minimum Gasteiger partial charge on any atom is -0.480 e. The Bertz CT molecular complexity index is 452. The average Bonchev–Trinajstić information content (AvgIpc) is 3.12. The van der Waals surface area contributed by atoms with Gasteiger partial charge in [-0.2, -0.15) is 0 Å². The van der Waals surface area contributed by atoms with Gasteiger partial charge in [0, 0.05) is 11.7 Å². The fourth-order valence-electron chi connectivity index (χ4n) is 1.73. The second kappa shape index (κ2) is 5.08. The van der Waals surface area contributed by atoms with Gasteiger partial charge in [-0.05, 0) is 31.9 Å². The molecule has 0 heterocycles. The molecule has 1 aromatic carbocycles. The molecule has 0 atom stereocenters. The summed E-state index contributed by atoms with van der Waals surface area (Å²) >= 11 is 0. The van der Waals surface area contributed by atoms with Crippen LogP contribution in [-0.4, -0.2) is 34.6 Å². The van der Waals surface area contributed by atoms with Crippen LogP contribution in [0.3, 0.4) is 0 Å². The van der Waals surface area contributed by atoms with Gasteiger partial charge in [-0.3, -0.25) is 4.79 Å². The number of hydrogen-bond donors (Lipinski definition) is 2. The van der Waals surface area contributed by atoms with E-state index in [0.29, 0.717) is 5.69 Å². The second-order valence-corrected chi connectivity index (χ2v) is 4.55. The van der Waals surface area contributed by atoms with Gasteiger partial charge in [0.05, 0.1) is 0 Å². The summed E-state index contributed by atoms with van der Waals surface area (Å²) in [6, 6.07) is 7.14. The number of nitrogens with zero attached hydrogens (tertiary/aromatic N) is 1. The van der Waals surface area contributed by atoms with E-state index in [1.807, 2.05) is 19.1 Å². The first-order valence-corrected chi connectivity index (χ1v) is 5.92. The molecule has 0 spiro atoms. The number of carbonyl (C=O) groups is 2. The van der Waals surface area contributed by atoms with Gasteiger partial charge in [0.15, 0.2) is 0 Å². The maximum atomic E-state index is 12.0. The van der Waals surface area contributed by atoms with Crippen molar-refractivity contribution in [3.63, 3.8) is 0 Å². The second-order valence-electron chi connectivity index (χ2n) is 4.55. The number of anilines is 1. The Labute approximate surface area is 105 Å². The van der Waals surface area contributed by atoms with Crippen LogP contribution in [0.15, 0.2) is 24.3 Å². The van der Waals surface area contributed by atoms with Gasteiger partial charge in [0.2, 0.25) is 0 Å². The molecule has 0 aliphatic heterocycles. The summed E-state index contributed by atoms with van der Waals surface area (Å²) < 4.78 is 0. The van der Waals surface area contributed by atoms with Crippen LogP contribution in [0.5, 0.6) is 0 Å². The highest BCUT2D eigenvalue weighted by molar-refractivity contribution is 5.91. The maximum absolute atomic E-state index is 12.0. The van der Waals surface area contributed by atoms with Crippen molar-refractivity contribution >= 4 is 17.7 Å². The molecule has 1 aliphatic rings. The Morgan fingerprint density at radius 3 is 2.44 bits per heavy atom. The molecule has 1 saturated carbocycles. The quantitative estimate of drug-likeness (QED) is 0.857. The van der Waals surface area contributed by atoms with Gasteiger partial charge in [-0.1, -0.05) is 17.7 Å². The third kappa shape index (κ3) is 3.23. The van der Waals surface area contributed by atoms with E-state index < -0.39 is 5.97 Å². The van der Waals surface area contributed by atoms with Crippen molar-refractivity contribution in [1.29, 1.82) is 0 Å². The van der Waals surface area contributed by atoms with Gasteiger partial charge in [0.25, 0.3) is 0 Å². The van der Waals surface area contributed by atoms with E-state index in [1.54, 1.807) is 12.1 Å². The van der Waals surface area contributed by atoms with Gasteiger partial charge < -0.3 is 15.3 Å². The summed E-state index contributed by atoms with van der Waals surface area (Å²) in [7, 11) is 0. The predicted octanol–water partition coefficient (Wildman–Crippen LogP) is 2.08. The highest BCUT2D eigenvalue weighted by atomic mass is 16.4. The van der Waals surface area contributed by atoms with Crippen LogP contribution in [0.25, 0.3) is 0 Å². The van der Waals surface area contributed by atoms with E-state index >= 15 is 0 Å². The third-order valence-electron chi connectivity index (χ3n) is 2.86. The van der Waals surface area contributed by atoms with Crippen molar-refractivity contribution in [3.05, 3.63) is 29.8 Å². The summed E-state index contributed by atoms with van der Waals surface area (Å²) in [5.74, 6) is -0.985. The zero-order chi connectivity index (χ0) is 13.1. The maximum Gasteiger partial charge on any atom is 0.323 e. The van der Waals surface area contributed by atoms with E-state index in [9.17, 15) is 9.59 Å². The number of hydrogen-bond acceptors (Lipinski definition) is 2. The van der Waals surface area contributed by atoms with Crippen molar-refractivity contribution < 1.29 is 14.7 Å². The van der Waals surface area contributed by atoms with Gasteiger partial charge >= 0.3 is 12.0 Å². The molecule has 0 saturated heterocycles. The fourth-order valence-corrected chi connectivity index (χ4v) is 1.73. The highest BCUT2D eigenvalue weighted by Crippen LogP contribution is 2.27. The Hall–Kier alpha value is -2.04. The van der Waals surface area contributed by atoms with E-state index in [1.165, 1.54) is 4.90 Å². The Kier molecular flexibility index (Phi) is 3.50. The molecular weight excluding hydrogens is 232 g/mol. The molecule has 2 N–H and O–H groups in total. The summed E-state index contributed by atoms with van der Waals surface area (Å²) in [4.78, 5) is 24.1. The molecule has 0 aromatic heterocycles. The molecule has 1 aliphatic carbocycles. The number of nitrogens with one attached hydrogen (secondary N) is 1. The smallest absolute Gasteiger partial charge is 0.323 e. The number of benzene rings is 1. The average molecular weight is 248 g/mol. The lowest BCUT2D eigenvalue weighted by molar-refractivity contribution is -0.137. The molecule has 5 heteroatoms. The number of aliphatic carboxylic acids is 1. The lowest BCUT2D eigenvalue weighted by Gasteiger charge is -2.20. The van der Waals surface area contributed by atoms with Crippen molar-refractivity contribution in [3.8, 4) is 0 Å². The molecule has 0 bridgehead atoms. The van der Waals surface area contributed by atoms with Crippen LogP contribution in [0.2, 0.25) is 0 Å². The third-order valence-corrected chi connectivity index (χ3v) is 2.86. The standard InChI is InChI=1S/C13H16N2O3/c1-9-2-4-10(5-3-9)14-13(18)15(8-12(16)17)11-6-7-11/h2-5,11H,6-8H2,1H3,(H,14,18)(H,16,17). The van der Waals surface area contributed by atoms with E-state index in [4.69, 9.17) is 5.11 Å². The largest absolute Gasteiger partial charge is 0.480 e. The summed E-state index contributed by atoms with van der Waals surface area (Å²) in [5.41, 5.74) is 1.79. The SMILES string of the molecule is Cc1ccc(NC(=O)N(CC(=O)O)C2CC2)cc1. The summed E-state index contributed by atoms with van der Waals surface area (Å²) in [5, 5.41) is 11.5. The molecule has 0 radical (unpaired) electrons. The topological polar surface area (TPSA) is 69.6 Å². The van der Waals surface area contributed by atoms with Crippen LogP contribution in [0, 0.1) is 6.92 Å². The van der Waals surface area contributed by atoms with Crippen molar-refractivity contribution in [2.75, 3.05) is 11.9 Å². The van der Waals surface area contributed by atoms with E-state index in [-0.39, 0.29) is 18.6 Å². The summed E-state index contributed by atoms with van der Waals surface area (Å²) in [6.07, 6.45) is 1.77. The first-order valence-electron chi connectivity index (χ1n) is 5.92. The number of urea groups is 1. The number of rotatable bonds is 4. The summed E-state index contributed by atoms with van der Waals surface area (Å²) in [6.45, 7) is 1.72. The number of carbonyl (C=O) groups excluding carboxylic acids is 1. The van der Waals surface area contributed by atoms with Crippen molar-refractivity contribution in [2.45, 2.75) is 25.8 Å². The lowest BCUT2D eigenvalue weighted by atomic mass is 10.2. The highest BCUT2D eigenvalue weighted by Gasteiger charge is 2.33. The first-order chi connectivity index (χ1) is 8.56. The lowest BCUT2D eigenvalue weighted by Crippen LogP contribution is -2.40. The van der Waals surface area contributed by atoms with E-state index in [2.05, 4.69) is 5.32 Å². The number of carboxylic acid groups (broad SMARTS) is 1. The van der Waals surface area contributed by atoms with Crippen LogP contribution < -0.4 is 5.32 Å². The van der Waals surface area contributed by atoms with Crippen molar-refractivity contribution in [1.82, 2.24) is 4.90 Å². The Morgan fingerprint density at radius 2 is 1.94 bits per heavy atom. The van der Waals surface area contributed by atoms with E-state index in [0.717, 1.165) is 18.4 Å². The Morgan fingerprint density at radius 1 is 1.33 bits per heavy atom. The molecule has 2 amide bonds. The van der Waals surface area contributed by atoms with Crippen molar-refractivity contribution in [2.24, 2.45) is 0 Å². The number of carboxylic acids is 1. The fraction of sp³-hybridized carbons (Fsp3) is 0.385. The molecule has 2 rings (SSSR count). The molecular formula is C13H16N2O3. The van der Waals surface area contributed by atoms with Gasteiger partial charge in [-0.25, -0.2) is 4.79 Å².